The number of rotatable bonds is 8. The summed E-state index contributed by atoms with van der Waals surface area (Å²) in [6.45, 7) is -2.18. The van der Waals surface area contributed by atoms with Crippen LogP contribution in [0, 0.1) is 0 Å². The maximum atomic E-state index is 12.6. The van der Waals surface area contributed by atoms with E-state index in [0.717, 1.165) is 10.0 Å². The molecule has 0 aromatic heterocycles. The molecule has 2 aromatic rings. The quantitative estimate of drug-likeness (QED) is 0.433. The van der Waals surface area contributed by atoms with Crippen molar-refractivity contribution in [2.24, 2.45) is 4.99 Å². The number of guanidine groups is 1. The third-order valence-corrected chi connectivity index (χ3v) is 4.41. The van der Waals surface area contributed by atoms with Crippen LogP contribution in [0.15, 0.2) is 58.0 Å². The van der Waals surface area contributed by atoms with Crippen molar-refractivity contribution in [2.45, 2.75) is 19.1 Å². The number of halogens is 3. The maximum Gasteiger partial charge on any atom is 0.387 e. The van der Waals surface area contributed by atoms with Crippen LogP contribution in [0.4, 0.5) is 8.78 Å². The molecule has 0 bridgehead atoms. The number of hydrogen-bond acceptors (Lipinski definition) is 3. The van der Waals surface area contributed by atoms with Crippen molar-refractivity contribution in [1.29, 1.82) is 0 Å². The summed E-state index contributed by atoms with van der Waals surface area (Å²) >= 11 is 3.33. The molecule has 0 aliphatic rings. The van der Waals surface area contributed by atoms with Gasteiger partial charge in [-0.25, -0.2) is 0 Å². The number of benzene rings is 2. The van der Waals surface area contributed by atoms with Gasteiger partial charge in [0.05, 0.1) is 6.61 Å². The zero-order chi connectivity index (χ0) is 19.6. The predicted octanol–water partition coefficient (Wildman–Crippen LogP) is 3.49. The summed E-state index contributed by atoms with van der Waals surface area (Å²) in [5.74, 6) is 0.509. The zero-order valence-electron chi connectivity index (χ0n) is 14.8. The summed E-state index contributed by atoms with van der Waals surface area (Å²) in [6.07, 6.45) is 0. The number of nitrogens with zero attached hydrogens (tertiary/aromatic N) is 1. The Balaban J connectivity index is 1.97. The second kappa shape index (κ2) is 10.8. The van der Waals surface area contributed by atoms with Crippen molar-refractivity contribution in [2.75, 3.05) is 20.2 Å². The number of alkyl halides is 2. The number of aliphatic hydroxyl groups is 1. The number of hydrogen-bond donors (Lipinski definition) is 3. The van der Waals surface area contributed by atoms with Gasteiger partial charge in [-0.1, -0.05) is 46.3 Å². The first-order valence-electron chi connectivity index (χ1n) is 8.37. The van der Waals surface area contributed by atoms with Crippen LogP contribution in [0.1, 0.15) is 17.0 Å². The molecule has 0 heterocycles. The Kier molecular flexibility index (Phi) is 8.47. The van der Waals surface area contributed by atoms with Gasteiger partial charge in [-0.2, -0.15) is 8.78 Å². The summed E-state index contributed by atoms with van der Waals surface area (Å²) in [5, 5.41) is 15.8. The minimum atomic E-state index is -2.89. The van der Waals surface area contributed by atoms with E-state index in [1.807, 2.05) is 30.3 Å². The predicted molar refractivity (Wildman–Crippen MR) is 105 cm³/mol. The van der Waals surface area contributed by atoms with Gasteiger partial charge in [-0.3, -0.25) is 4.99 Å². The Hall–Kier alpha value is -2.19. The lowest BCUT2D eigenvalue weighted by Gasteiger charge is -2.19. The number of nitrogens with one attached hydrogen (secondary N) is 2. The Morgan fingerprint density at radius 2 is 1.93 bits per heavy atom. The van der Waals surface area contributed by atoms with E-state index in [1.54, 1.807) is 19.2 Å². The van der Waals surface area contributed by atoms with E-state index < -0.39 is 6.61 Å². The molecule has 0 aliphatic carbocycles. The standard InChI is InChI=1S/C19H22BrF2N3O2/c1-23-19(25-11-15(12-26)13-5-3-2-4-6-13)24-10-14-9-16(20)7-8-17(14)27-18(21)22/h2-9,15,18,26H,10-12H2,1H3,(H2,23,24,25). The summed E-state index contributed by atoms with van der Waals surface area (Å²) < 4.78 is 30.4. The van der Waals surface area contributed by atoms with Crippen LogP contribution in [0.3, 0.4) is 0 Å². The minimum absolute atomic E-state index is 0.00792. The summed E-state index contributed by atoms with van der Waals surface area (Å²) in [5.41, 5.74) is 1.58. The van der Waals surface area contributed by atoms with Crippen molar-refractivity contribution >= 4 is 21.9 Å². The van der Waals surface area contributed by atoms with Gasteiger partial charge in [0.1, 0.15) is 5.75 Å². The topological polar surface area (TPSA) is 65.9 Å². The normalized spacial score (nSPS) is 12.7. The Bertz CT molecular complexity index is 745. The molecule has 2 rings (SSSR count). The fourth-order valence-electron chi connectivity index (χ4n) is 2.53. The molecule has 2 aromatic carbocycles. The number of aliphatic imine (C=N–C) groups is 1. The molecular weight excluding hydrogens is 420 g/mol. The third-order valence-electron chi connectivity index (χ3n) is 3.92. The molecule has 1 atom stereocenters. The maximum absolute atomic E-state index is 12.6. The fraction of sp³-hybridized carbons (Fsp3) is 0.316. The lowest BCUT2D eigenvalue weighted by Crippen LogP contribution is -2.39. The Morgan fingerprint density at radius 3 is 2.56 bits per heavy atom. The van der Waals surface area contributed by atoms with Crippen molar-refractivity contribution in [3.05, 3.63) is 64.1 Å². The molecule has 5 nitrogen and oxygen atoms in total. The largest absolute Gasteiger partial charge is 0.434 e. The van der Waals surface area contributed by atoms with E-state index in [0.29, 0.717) is 18.1 Å². The molecule has 0 saturated carbocycles. The number of aliphatic hydroxyl groups excluding tert-OH is 1. The lowest BCUT2D eigenvalue weighted by atomic mass is 10.0. The fourth-order valence-corrected chi connectivity index (χ4v) is 2.94. The molecule has 0 spiro atoms. The minimum Gasteiger partial charge on any atom is -0.434 e. The summed E-state index contributed by atoms with van der Waals surface area (Å²) in [7, 11) is 1.61. The SMILES string of the molecule is CN=C(NCc1cc(Br)ccc1OC(F)F)NCC(CO)c1ccccc1. The molecule has 0 amide bonds. The van der Waals surface area contributed by atoms with Crippen molar-refractivity contribution in [3.63, 3.8) is 0 Å². The molecule has 27 heavy (non-hydrogen) atoms. The molecule has 3 N–H and O–H groups in total. The monoisotopic (exact) mass is 441 g/mol. The molecule has 0 radical (unpaired) electrons. The van der Waals surface area contributed by atoms with Crippen LogP contribution in [0.2, 0.25) is 0 Å². The molecule has 0 saturated heterocycles. The molecular formula is C19H22BrF2N3O2. The zero-order valence-corrected chi connectivity index (χ0v) is 16.4. The van der Waals surface area contributed by atoms with Crippen LogP contribution in [-0.2, 0) is 6.54 Å². The van der Waals surface area contributed by atoms with Gasteiger partial charge in [-0.05, 0) is 23.8 Å². The first-order valence-corrected chi connectivity index (χ1v) is 9.16. The highest BCUT2D eigenvalue weighted by Crippen LogP contribution is 2.24. The molecule has 0 fully saturated rings. The molecule has 1 unspecified atom stereocenters. The van der Waals surface area contributed by atoms with Crippen LogP contribution >= 0.6 is 15.9 Å². The van der Waals surface area contributed by atoms with Gasteiger partial charge >= 0.3 is 6.61 Å². The van der Waals surface area contributed by atoms with Gasteiger partial charge in [0.2, 0.25) is 0 Å². The highest BCUT2D eigenvalue weighted by Gasteiger charge is 2.13. The van der Waals surface area contributed by atoms with E-state index in [4.69, 9.17) is 0 Å². The second-order valence-corrected chi connectivity index (χ2v) is 6.64. The summed E-state index contributed by atoms with van der Waals surface area (Å²) in [4.78, 5) is 4.13. The third kappa shape index (κ3) is 6.80. The van der Waals surface area contributed by atoms with Crippen molar-refractivity contribution < 1.29 is 18.6 Å². The van der Waals surface area contributed by atoms with E-state index >= 15 is 0 Å². The Labute approximate surface area is 165 Å². The van der Waals surface area contributed by atoms with Gasteiger partial charge in [0.15, 0.2) is 5.96 Å². The van der Waals surface area contributed by atoms with Crippen molar-refractivity contribution in [1.82, 2.24) is 10.6 Å². The Morgan fingerprint density at radius 1 is 1.19 bits per heavy atom. The molecule has 146 valence electrons. The first kappa shape index (κ1) is 21.1. The average Bonchev–Trinajstić information content (AvgIpc) is 2.67. The van der Waals surface area contributed by atoms with Gasteiger partial charge in [-0.15, -0.1) is 0 Å². The molecule has 8 heteroatoms. The highest BCUT2D eigenvalue weighted by atomic mass is 79.9. The second-order valence-electron chi connectivity index (χ2n) is 5.73. The number of ether oxygens (including phenoxy) is 1. The van der Waals surface area contributed by atoms with Gasteiger partial charge in [0.25, 0.3) is 0 Å². The lowest BCUT2D eigenvalue weighted by molar-refractivity contribution is -0.0504. The van der Waals surface area contributed by atoms with Crippen LogP contribution < -0.4 is 15.4 Å². The van der Waals surface area contributed by atoms with E-state index in [-0.39, 0.29) is 24.8 Å². The molecule has 0 aliphatic heterocycles. The average molecular weight is 442 g/mol. The van der Waals surface area contributed by atoms with E-state index in [1.165, 1.54) is 6.07 Å². The first-order chi connectivity index (χ1) is 13.0. The van der Waals surface area contributed by atoms with Gasteiger partial charge < -0.3 is 20.5 Å². The van der Waals surface area contributed by atoms with E-state index in [2.05, 4.69) is 36.3 Å². The van der Waals surface area contributed by atoms with Crippen molar-refractivity contribution in [3.8, 4) is 5.75 Å². The smallest absolute Gasteiger partial charge is 0.387 e. The van der Waals surface area contributed by atoms with Crippen LogP contribution in [0.5, 0.6) is 5.75 Å². The van der Waals surface area contributed by atoms with Crippen LogP contribution in [-0.4, -0.2) is 37.9 Å². The van der Waals surface area contributed by atoms with Crippen LogP contribution in [0.25, 0.3) is 0 Å². The van der Waals surface area contributed by atoms with E-state index in [9.17, 15) is 13.9 Å². The summed E-state index contributed by atoms with van der Waals surface area (Å²) in [6, 6.07) is 14.5. The van der Waals surface area contributed by atoms with Gasteiger partial charge in [0, 0.05) is 36.1 Å². The highest BCUT2D eigenvalue weighted by molar-refractivity contribution is 9.10.